The molecule has 2 N–H and O–H groups in total. The number of guanidine groups is 1. The van der Waals surface area contributed by atoms with Crippen molar-refractivity contribution in [2.24, 2.45) is 4.99 Å². The molecule has 2 aromatic carbocycles. The van der Waals surface area contributed by atoms with E-state index in [1.807, 2.05) is 12.1 Å². The van der Waals surface area contributed by atoms with Crippen molar-refractivity contribution in [1.82, 2.24) is 10.6 Å². The smallest absolute Gasteiger partial charge is 0.203 e. The molecule has 6 heteroatoms. The minimum Gasteiger partial charge on any atom is -0.493 e. The van der Waals surface area contributed by atoms with Gasteiger partial charge in [0.25, 0.3) is 0 Å². The van der Waals surface area contributed by atoms with Gasteiger partial charge in [-0.2, -0.15) is 0 Å². The molecule has 0 amide bonds. The zero-order valence-electron chi connectivity index (χ0n) is 16.1. The molecule has 0 saturated heterocycles. The van der Waals surface area contributed by atoms with Crippen LogP contribution in [0.25, 0.3) is 0 Å². The monoisotopic (exact) mass is 357 g/mol. The van der Waals surface area contributed by atoms with Gasteiger partial charge in [-0.1, -0.05) is 29.8 Å². The predicted molar refractivity (Wildman–Crippen MR) is 104 cm³/mol. The van der Waals surface area contributed by atoms with Crippen molar-refractivity contribution in [1.29, 1.82) is 0 Å². The van der Waals surface area contributed by atoms with Gasteiger partial charge in [0.15, 0.2) is 17.5 Å². The summed E-state index contributed by atoms with van der Waals surface area (Å²) >= 11 is 0. The fraction of sp³-hybridized carbons (Fsp3) is 0.350. The van der Waals surface area contributed by atoms with Gasteiger partial charge in [-0.25, -0.2) is 0 Å². The Labute approximate surface area is 155 Å². The number of aryl methyl sites for hydroxylation is 1. The van der Waals surface area contributed by atoms with E-state index in [1.54, 1.807) is 28.4 Å². The Morgan fingerprint density at radius 3 is 2.27 bits per heavy atom. The quantitative estimate of drug-likeness (QED) is 0.589. The second-order valence-electron chi connectivity index (χ2n) is 5.76. The van der Waals surface area contributed by atoms with Crippen LogP contribution in [-0.4, -0.2) is 34.3 Å². The first-order valence-corrected chi connectivity index (χ1v) is 8.40. The molecule has 0 aliphatic carbocycles. The molecule has 0 aliphatic heterocycles. The Kier molecular flexibility index (Phi) is 7.14. The summed E-state index contributed by atoms with van der Waals surface area (Å²) in [4.78, 5) is 4.27. The number of methoxy groups -OCH3 is 3. The summed E-state index contributed by atoms with van der Waals surface area (Å²) in [5.41, 5.74) is 3.39. The summed E-state index contributed by atoms with van der Waals surface area (Å²) in [7, 11) is 6.56. The highest BCUT2D eigenvalue weighted by Crippen LogP contribution is 2.39. The van der Waals surface area contributed by atoms with Gasteiger partial charge in [0, 0.05) is 25.7 Å². The topological polar surface area (TPSA) is 64.1 Å². The second-order valence-corrected chi connectivity index (χ2v) is 5.76. The molecule has 0 fully saturated rings. The summed E-state index contributed by atoms with van der Waals surface area (Å²) in [6, 6.07) is 12.2. The van der Waals surface area contributed by atoms with Crippen LogP contribution in [0.2, 0.25) is 0 Å². The summed E-state index contributed by atoms with van der Waals surface area (Å²) in [6.45, 7) is 3.32. The molecule has 0 heterocycles. The Balaban J connectivity index is 2.04. The molecule has 0 atom stereocenters. The summed E-state index contributed by atoms with van der Waals surface area (Å²) in [5.74, 6) is 2.57. The highest BCUT2D eigenvalue weighted by Gasteiger charge is 2.15. The largest absolute Gasteiger partial charge is 0.493 e. The third-order valence-electron chi connectivity index (χ3n) is 4.00. The van der Waals surface area contributed by atoms with Crippen LogP contribution in [0.4, 0.5) is 0 Å². The molecule has 0 bridgehead atoms. The van der Waals surface area contributed by atoms with Gasteiger partial charge >= 0.3 is 0 Å². The van der Waals surface area contributed by atoms with Crippen molar-refractivity contribution in [3.8, 4) is 17.2 Å². The van der Waals surface area contributed by atoms with E-state index in [4.69, 9.17) is 14.2 Å². The third kappa shape index (κ3) is 4.81. The van der Waals surface area contributed by atoms with Gasteiger partial charge in [-0.3, -0.25) is 4.99 Å². The highest BCUT2D eigenvalue weighted by molar-refractivity contribution is 5.79. The van der Waals surface area contributed by atoms with E-state index in [-0.39, 0.29) is 0 Å². The second kappa shape index (κ2) is 9.56. The Bertz CT molecular complexity index is 760. The van der Waals surface area contributed by atoms with E-state index in [2.05, 4.69) is 46.8 Å². The maximum atomic E-state index is 5.51. The number of ether oxygens (including phenoxy) is 3. The van der Waals surface area contributed by atoms with Gasteiger partial charge in [0.2, 0.25) is 5.75 Å². The Morgan fingerprint density at radius 1 is 0.923 bits per heavy atom. The number of hydrogen-bond donors (Lipinski definition) is 2. The maximum Gasteiger partial charge on any atom is 0.203 e. The molecule has 6 nitrogen and oxygen atoms in total. The molecular formula is C20H27N3O3. The van der Waals surface area contributed by atoms with E-state index in [0.717, 1.165) is 5.56 Å². The summed E-state index contributed by atoms with van der Waals surface area (Å²) < 4.78 is 16.3. The molecule has 0 radical (unpaired) electrons. The van der Waals surface area contributed by atoms with Crippen molar-refractivity contribution in [3.63, 3.8) is 0 Å². The van der Waals surface area contributed by atoms with Crippen LogP contribution in [0.5, 0.6) is 17.2 Å². The van der Waals surface area contributed by atoms with E-state index >= 15 is 0 Å². The summed E-state index contributed by atoms with van der Waals surface area (Å²) in [5, 5.41) is 6.61. The lowest BCUT2D eigenvalue weighted by Gasteiger charge is -2.17. The number of aliphatic imine (C=N–C) groups is 1. The zero-order chi connectivity index (χ0) is 18.9. The number of nitrogens with one attached hydrogen (secondary N) is 2. The molecule has 0 unspecified atom stereocenters. The van der Waals surface area contributed by atoms with Gasteiger partial charge in [0.05, 0.1) is 21.3 Å². The van der Waals surface area contributed by atoms with Crippen molar-refractivity contribution in [2.75, 3.05) is 28.4 Å². The maximum absolute atomic E-state index is 5.51. The van der Waals surface area contributed by atoms with Crippen LogP contribution in [0, 0.1) is 6.92 Å². The van der Waals surface area contributed by atoms with E-state index in [0.29, 0.717) is 36.3 Å². The molecule has 26 heavy (non-hydrogen) atoms. The Hall–Kier alpha value is -2.89. The first kappa shape index (κ1) is 19.4. The fourth-order valence-electron chi connectivity index (χ4n) is 2.71. The lowest BCUT2D eigenvalue weighted by Crippen LogP contribution is -2.36. The standard InChI is InChI=1S/C20H27N3O3/c1-14-7-6-8-15(11-14)12-22-20(21-2)23-13-16-9-10-17(24-3)19(26-5)18(16)25-4/h6-11H,12-13H2,1-5H3,(H2,21,22,23). The lowest BCUT2D eigenvalue weighted by molar-refractivity contribution is 0.322. The number of hydrogen-bond acceptors (Lipinski definition) is 4. The van der Waals surface area contributed by atoms with Gasteiger partial charge < -0.3 is 24.8 Å². The number of benzene rings is 2. The van der Waals surface area contributed by atoms with Crippen LogP contribution >= 0.6 is 0 Å². The van der Waals surface area contributed by atoms with Gasteiger partial charge in [-0.15, -0.1) is 0 Å². The van der Waals surface area contributed by atoms with Crippen LogP contribution in [0.1, 0.15) is 16.7 Å². The molecule has 0 saturated carbocycles. The average molecular weight is 357 g/mol. The lowest BCUT2D eigenvalue weighted by atomic mass is 10.1. The molecule has 0 aliphatic rings. The minimum atomic E-state index is 0.539. The predicted octanol–water partition coefficient (Wildman–Crippen LogP) is 2.89. The minimum absolute atomic E-state index is 0.539. The van der Waals surface area contributed by atoms with Crippen molar-refractivity contribution >= 4 is 5.96 Å². The molecule has 140 valence electrons. The summed E-state index contributed by atoms with van der Waals surface area (Å²) in [6.07, 6.45) is 0. The third-order valence-corrected chi connectivity index (χ3v) is 4.00. The first-order valence-electron chi connectivity index (χ1n) is 8.40. The van der Waals surface area contributed by atoms with E-state index < -0.39 is 0 Å². The molecule has 2 rings (SSSR count). The van der Waals surface area contributed by atoms with Crippen molar-refractivity contribution < 1.29 is 14.2 Å². The van der Waals surface area contributed by atoms with Gasteiger partial charge in [0.1, 0.15) is 0 Å². The van der Waals surface area contributed by atoms with Crippen LogP contribution in [0.15, 0.2) is 41.4 Å². The number of rotatable bonds is 7. The van der Waals surface area contributed by atoms with E-state index in [9.17, 15) is 0 Å². The Morgan fingerprint density at radius 2 is 1.65 bits per heavy atom. The van der Waals surface area contributed by atoms with Crippen LogP contribution in [-0.2, 0) is 13.1 Å². The fourth-order valence-corrected chi connectivity index (χ4v) is 2.71. The van der Waals surface area contributed by atoms with E-state index in [1.165, 1.54) is 11.1 Å². The molecule has 0 aromatic heterocycles. The average Bonchev–Trinajstić information content (AvgIpc) is 2.67. The SMILES string of the molecule is CN=C(NCc1cccc(C)c1)NCc1ccc(OC)c(OC)c1OC. The number of nitrogens with zero attached hydrogens (tertiary/aromatic N) is 1. The molecule has 2 aromatic rings. The first-order chi connectivity index (χ1) is 12.6. The van der Waals surface area contributed by atoms with Crippen molar-refractivity contribution in [3.05, 3.63) is 53.1 Å². The normalized spacial score (nSPS) is 11.0. The molecule has 0 spiro atoms. The zero-order valence-corrected chi connectivity index (χ0v) is 16.1. The van der Waals surface area contributed by atoms with Crippen LogP contribution in [0.3, 0.4) is 0 Å². The molecular weight excluding hydrogens is 330 g/mol. The van der Waals surface area contributed by atoms with Crippen molar-refractivity contribution in [2.45, 2.75) is 20.0 Å². The van der Waals surface area contributed by atoms with Crippen LogP contribution < -0.4 is 24.8 Å². The van der Waals surface area contributed by atoms with Gasteiger partial charge in [-0.05, 0) is 24.6 Å². The highest BCUT2D eigenvalue weighted by atomic mass is 16.5.